The van der Waals surface area contributed by atoms with Crippen LogP contribution in [0.5, 0.6) is 0 Å². The Hall–Kier alpha value is -1.38. The van der Waals surface area contributed by atoms with Crippen LogP contribution in [0.1, 0.15) is 6.42 Å². The maximum Gasteiger partial charge on any atom is 0.321 e. The molecule has 1 atom stereocenters. The van der Waals surface area contributed by atoms with E-state index in [0.717, 1.165) is 0 Å². The van der Waals surface area contributed by atoms with E-state index in [1.165, 1.54) is 19.4 Å². The highest BCUT2D eigenvalue weighted by Gasteiger charge is 2.25. The third kappa shape index (κ3) is 3.83. The van der Waals surface area contributed by atoms with E-state index in [1.807, 2.05) is 0 Å². The Kier molecular flexibility index (Phi) is 4.88. The Bertz CT molecular complexity index is 508. The van der Waals surface area contributed by atoms with Gasteiger partial charge in [0.1, 0.15) is 6.04 Å². The molecule has 0 aliphatic carbocycles. The van der Waals surface area contributed by atoms with Crippen LogP contribution in [0.25, 0.3) is 0 Å². The summed E-state index contributed by atoms with van der Waals surface area (Å²) in [6.07, 6.45) is 3.04. The number of nitrogens with zero attached hydrogens (tertiary/aromatic N) is 1. The van der Waals surface area contributed by atoms with Gasteiger partial charge in [0, 0.05) is 33.2 Å². The summed E-state index contributed by atoms with van der Waals surface area (Å²) in [6, 6.07) is 0.201. The van der Waals surface area contributed by atoms with Crippen LogP contribution in [0, 0.1) is 0 Å². The van der Waals surface area contributed by atoms with Crippen LogP contribution in [0.15, 0.2) is 23.4 Å². The fraction of sp³-hybridized carbons (Fsp3) is 0.500. The third-order valence-electron chi connectivity index (χ3n) is 2.32. The first-order valence-corrected chi connectivity index (χ1v) is 6.71. The number of rotatable bonds is 7. The molecule has 7 nitrogen and oxygen atoms in total. The molecule has 0 radical (unpaired) electrons. The van der Waals surface area contributed by atoms with Gasteiger partial charge in [-0.1, -0.05) is 0 Å². The van der Waals surface area contributed by atoms with E-state index in [4.69, 9.17) is 9.84 Å². The minimum absolute atomic E-state index is 0.0358. The Balaban J connectivity index is 2.82. The number of methoxy groups -OCH3 is 1. The number of nitrogens with one attached hydrogen (secondary N) is 1. The Morgan fingerprint density at radius 2 is 2.28 bits per heavy atom. The molecule has 1 aromatic heterocycles. The highest BCUT2D eigenvalue weighted by molar-refractivity contribution is 7.89. The largest absolute Gasteiger partial charge is 0.480 e. The monoisotopic (exact) mass is 276 g/mol. The zero-order chi connectivity index (χ0) is 13.8. The van der Waals surface area contributed by atoms with Crippen LogP contribution >= 0.6 is 0 Å². The molecule has 0 amide bonds. The quantitative estimate of drug-likeness (QED) is 0.718. The van der Waals surface area contributed by atoms with Gasteiger partial charge in [-0.05, 0) is 12.5 Å². The summed E-state index contributed by atoms with van der Waals surface area (Å²) in [7, 11) is -0.721. The van der Waals surface area contributed by atoms with Crippen LogP contribution in [-0.2, 0) is 26.6 Å². The van der Waals surface area contributed by atoms with Crippen molar-refractivity contribution in [3.05, 3.63) is 18.5 Å². The Labute approximate surface area is 105 Å². The van der Waals surface area contributed by atoms with Gasteiger partial charge in [-0.2, -0.15) is 4.72 Å². The lowest BCUT2D eigenvalue weighted by Crippen LogP contribution is -2.41. The molecule has 0 fully saturated rings. The van der Waals surface area contributed by atoms with E-state index in [9.17, 15) is 13.2 Å². The lowest BCUT2D eigenvalue weighted by Gasteiger charge is -2.13. The van der Waals surface area contributed by atoms with Gasteiger partial charge in [0.15, 0.2) is 0 Å². The molecular formula is C10H16N2O5S. The van der Waals surface area contributed by atoms with Gasteiger partial charge in [0.2, 0.25) is 10.0 Å². The summed E-state index contributed by atoms with van der Waals surface area (Å²) in [4.78, 5) is 11.0. The zero-order valence-corrected chi connectivity index (χ0v) is 11.0. The van der Waals surface area contributed by atoms with Crippen LogP contribution in [-0.4, -0.2) is 43.8 Å². The van der Waals surface area contributed by atoms with Gasteiger partial charge in [-0.15, -0.1) is 0 Å². The number of aromatic nitrogens is 1. The van der Waals surface area contributed by atoms with Crippen LogP contribution in [0.3, 0.4) is 0 Å². The fourth-order valence-electron chi connectivity index (χ4n) is 1.36. The summed E-state index contributed by atoms with van der Waals surface area (Å²) in [5.41, 5.74) is 0. The van der Waals surface area contributed by atoms with Gasteiger partial charge in [0.25, 0.3) is 0 Å². The van der Waals surface area contributed by atoms with Crippen LogP contribution in [0.2, 0.25) is 0 Å². The average Bonchev–Trinajstić information content (AvgIpc) is 2.71. The molecule has 0 aromatic carbocycles. The molecule has 0 saturated heterocycles. The fourth-order valence-corrected chi connectivity index (χ4v) is 2.63. The van der Waals surface area contributed by atoms with Gasteiger partial charge in [-0.25, -0.2) is 8.42 Å². The topological polar surface area (TPSA) is 97.6 Å². The van der Waals surface area contributed by atoms with Crippen LogP contribution < -0.4 is 4.72 Å². The molecule has 1 heterocycles. The molecule has 0 aliphatic rings. The third-order valence-corrected chi connectivity index (χ3v) is 3.78. The molecule has 1 unspecified atom stereocenters. The minimum atomic E-state index is -3.82. The molecule has 18 heavy (non-hydrogen) atoms. The number of hydrogen-bond acceptors (Lipinski definition) is 4. The number of carboxylic acid groups (broad SMARTS) is 1. The summed E-state index contributed by atoms with van der Waals surface area (Å²) in [6.45, 7) is 0.161. The number of ether oxygens (including phenoxy) is 1. The highest BCUT2D eigenvalue weighted by Crippen LogP contribution is 2.10. The summed E-state index contributed by atoms with van der Waals surface area (Å²) in [5.74, 6) is -1.23. The summed E-state index contributed by atoms with van der Waals surface area (Å²) in [5, 5.41) is 8.93. The average molecular weight is 276 g/mol. The summed E-state index contributed by atoms with van der Waals surface area (Å²) >= 11 is 0. The van der Waals surface area contributed by atoms with Crippen molar-refractivity contribution >= 4 is 16.0 Å². The Morgan fingerprint density at radius 1 is 1.61 bits per heavy atom. The van der Waals surface area contributed by atoms with E-state index >= 15 is 0 Å². The molecule has 1 rings (SSSR count). The lowest BCUT2D eigenvalue weighted by atomic mass is 10.2. The number of carbonyl (C=O) groups is 1. The lowest BCUT2D eigenvalue weighted by molar-refractivity contribution is -0.139. The minimum Gasteiger partial charge on any atom is -0.480 e. The number of sulfonamides is 1. The molecule has 0 aliphatic heterocycles. The SMILES string of the molecule is COCCC(NS(=O)(=O)c1ccn(C)c1)C(=O)O. The Morgan fingerprint density at radius 3 is 2.72 bits per heavy atom. The van der Waals surface area contributed by atoms with Gasteiger partial charge in [-0.3, -0.25) is 4.79 Å². The molecule has 1 aromatic rings. The predicted octanol–water partition coefficient (Wildman–Crippen LogP) is -0.207. The van der Waals surface area contributed by atoms with E-state index in [1.54, 1.807) is 17.8 Å². The molecular weight excluding hydrogens is 260 g/mol. The molecule has 0 bridgehead atoms. The smallest absolute Gasteiger partial charge is 0.321 e. The van der Waals surface area contributed by atoms with Crippen molar-refractivity contribution in [2.45, 2.75) is 17.4 Å². The normalized spacial score (nSPS) is 13.4. The first kappa shape index (κ1) is 14.7. The molecule has 0 saturated carbocycles. The van der Waals surface area contributed by atoms with Crippen molar-refractivity contribution in [3.63, 3.8) is 0 Å². The first-order valence-electron chi connectivity index (χ1n) is 5.23. The zero-order valence-electron chi connectivity index (χ0n) is 10.2. The molecule has 0 spiro atoms. The maximum absolute atomic E-state index is 11.9. The van der Waals surface area contributed by atoms with Gasteiger partial charge in [0.05, 0.1) is 4.90 Å². The first-order chi connectivity index (χ1) is 8.36. The number of hydrogen-bond donors (Lipinski definition) is 2. The van der Waals surface area contributed by atoms with Crippen molar-refractivity contribution in [3.8, 4) is 0 Å². The van der Waals surface area contributed by atoms with Crippen molar-refractivity contribution < 1.29 is 23.1 Å². The van der Waals surface area contributed by atoms with Gasteiger partial charge >= 0.3 is 5.97 Å². The van der Waals surface area contributed by atoms with E-state index in [0.29, 0.717) is 0 Å². The van der Waals surface area contributed by atoms with Crippen molar-refractivity contribution in [1.82, 2.24) is 9.29 Å². The molecule has 8 heteroatoms. The highest BCUT2D eigenvalue weighted by atomic mass is 32.2. The van der Waals surface area contributed by atoms with Crippen molar-refractivity contribution in [2.75, 3.05) is 13.7 Å². The molecule has 2 N–H and O–H groups in total. The van der Waals surface area contributed by atoms with Crippen molar-refractivity contribution in [1.29, 1.82) is 0 Å². The second-order valence-electron chi connectivity index (χ2n) is 3.81. The van der Waals surface area contributed by atoms with E-state index in [-0.39, 0.29) is 17.9 Å². The number of carboxylic acids is 1. The number of aryl methyl sites for hydroxylation is 1. The second-order valence-corrected chi connectivity index (χ2v) is 5.52. The predicted molar refractivity (Wildman–Crippen MR) is 63.7 cm³/mol. The second kappa shape index (κ2) is 5.98. The molecule has 102 valence electrons. The summed E-state index contributed by atoms with van der Waals surface area (Å²) < 4.78 is 32.2. The number of aliphatic carboxylic acids is 1. The van der Waals surface area contributed by atoms with Gasteiger partial charge < -0.3 is 14.4 Å². The maximum atomic E-state index is 11.9. The van der Waals surface area contributed by atoms with Crippen molar-refractivity contribution in [2.24, 2.45) is 7.05 Å². The van der Waals surface area contributed by atoms with E-state index < -0.39 is 22.0 Å². The van der Waals surface area contributed by atoms with Crippen LogP contribution in [0.4, 0.5) is 0 Å². The van der Waals surface area contributed by atoms with E-state index in [2.05, 4.69) is 4.72 Å². The standard InChI is InChI=1S/C10H16N2O5S/c1-12-5-3-8(7-12)18(15,16)11-9(10(13)14)4-6-17-2/h3,5,7,9,11H,4,6H2,1-2H3,(H,13,14).